The van der Waals surface area contributed by atoms with E-state index in [2.05, 4.69) is 51.1 Å². The van der Waals surface area contributed by atoms with Crippen molar-refractivity contribution in [3.05, 3.63) is 58.3 Å². The van der Waals surface area contributed by atoms with Gasteiger partial charge in [-0.15, -0.1) is 0 Å². The number of rotatable bonds is 5. The molecular formula is C15H17BrN2O. The summed E-state index contributed by atoms with van der Waals surface area (Å²) in [5.74, 6) is 0.891. The summed E-state index contributed by atoms with van der Waals surface area (Å²) in [5, 5.41) is 0. The Hall–Kier alpha value is -1.39. The van der Waals surface area contributed by atoms with Crippen LogP contribution in [0.3, 0.4) is 0 Å². The highest BCUT2D eigenvalue weighted by Crippen LogP contribution is 2.15. The van der Waals surface area contributed by atoms with Crippen LogP contribution in [-0.2, 0) is 13.1 Å². The van der Waals surface area contributed by atoms with Gasteiger partial charge in [-0.05, 0) is 52.3 Å². The molecule has 0 spiro atoms. The fraction of sp³-hybridized carbons (Fsp3) is 0.267. The fourth-order valence-corrected chi connectivity index (χ4v) is 2.36. The Morgan fingerprint density at radius 2 is 1.79 bits per heavy atom. The van der Waals surface area contributed by atoms with E-state index in [1.807, 2.05) is 18.3 Å². The first-order valence-corrected chi connectivity index (χ1v) is 6.87. The number of hydrogen-bond acceptors (Lipinski definition) is 3. The van der Waals surface area contributed by atoms with E-state index in [1.165, 1.54) is 11.1 Å². The summed E-state index contributed by atoms with van der Waals surface area (Å²) < 4.78 is 6.17. The van der Waals surface area contributed by atoms with Crippen LogP contribution in [0, 0.1) is 0 Å². The lowest BCUT2D eigenvalue weighted by atomic mass is 10.2. The van der Waals surface area contributed by atoms with E-state index < -0.39 is 0 Å². The van der Waals surface area contributed by atoms with Gasteiger partial charge in [0.1, 0.15) is 5.75 Å². The summed E-state index contributed by atoms with van der Waals surface area (Å²) in [5.41, 5.74) is 2.47. The average molecular weight is 321 g/mol. The summed E-state index contributed by atoms with van der Waals surface area (Å²) in [6.45, 7) is 1.77. The third kappa shape index (κ3) is 4.33. The number of ether oxygens (including phenoxy) is 1. The Balaban J connectivity index is 1.95. The van der Waals surface area contributed by atoms with Crippen LogP contribution in [0.5, 0.6) is 5.75 Å². The number of methoxy groups -OCH3 is 1. The minimum atomic E-state index is 0.873. The standard InChI is InChI=1S/C15H17BrN2O/c1-18(11-13-7-14(16)9-17-8-13)10-12-3-5-15(19-2)6-4-12/h3-9H,10-11H2,1-2H3. The molecule has 2 rings (SSSR count). The van der Waals surface area contributed by atoms with Gasteiger partial charge in [-0.3, -0.25) is 9.88 Å². The first-order chi connectivity index (χ1) is 9.17. The second-order valence-corrected chi connectivity index (χ2v) is 5.45. The van der Waals surface area contributed by atoms with Gasteiger partial charge >= 0.3 is 0 Å². The van der Waals surface area contributed by atoms with E-state index >= 15 is 0 Å². The molecule has 1 heterocycles. The van der Waals surface area contributed by atoms with Gasteiger partial charge in [-0.25, -0.2) is 0 Å². The molecule has 0 N–H and O–H groups in total. The maximum Gasteiger partial charge on any atom is 0.118 e. The Labute approximate surface area is 122 Å². The van der Waals surface area contributed by atoms with Gasteiger partial charge in [0.15, 0.2) is 0 Å². The molecule has 0 amide bonds. The quantitative estimate of drug-likeness (QED) is 0.843. The van der Waals surface area contributed by atoms with Crippen LogP contribution in [0.2, 0.25) is 0 Å². The average Bonchev–Trinajstić information content (AvgIpc) is 2.39. The molecule has 1 aromatic carbocycles. The Morgan fingerprint density at radius 1 is 1.11 bits per heavy atom. The lowest BCUT2D eigenvalue weighted by Gasteiger charge is -2.17. The predicted octanol–water partition coefficient (Wildman–Crippen LogP) is 3.48. The van der Waals surface area contributed by atoms with Gasteiger partial charge in [0.25, 0.3) is 0 Å². The number of pyridine rings is 1. The molecule has 1 aromatic heterocycles. The van der Waals surface area contributed by atoms with E-state index in [0.29, 0.717) is 0 Å². The molecule has 0 aliphatic carbocycles. The van der Waals surface area contributed by atoms with Crippen LogP contribution in [-0.4, -0.2) is 24.0 Å². The molecule has 3 nitrogen and oxygen atoms in total. The minimum absolute atomic E-state index is 0.873. The lowest BCUT2D eigenvalue weighted by Crippen LogP contribution is -2.17. The van der Waals surface area contributed by atoms with Crippen molar-refractivity contribution in [2.24, 2.45) is 0 Å². The molecular weight excluding hydrogens is 304 g/mol. The number of halogens is 1. The van der Waals surface area contributed by atoms with Gasteiger partial charge in [-0.1, -0.05) is 12.1 Å². The predicted molar refractivity (Wildman–Crippen MR) is 80.1 cm³/mol. The van der Waals surface area contributed by atoms with Crippen LogP contribution in [0.25, 0.3) is 0 Å². The van der Waals surface area contributed by atoms with E-state index in [0.717, 1.165) is 23.3 Å². The highest BCUT2D eigenvalue weighted by Gasteiger charge is 2.03. The Kier molecular flexibility index (Phi) is 4.93. The third-order valence-corrected chi connectivity index (χ3v) is 3.26. The second-order valence-electron chi connectivity index (χ2n) is 4.53. The van der Waals surface area contributed by atoms with E-state index in [1.54, 1.807) is 13.3 Å². The summed E-state index contributed by atoms with van der Waals surface area (Å²) in [4.78, 5) is 6.43. The zero-order valence-corrected chi connectivity index (χ0v) is 12.7. The third-order valence-electron chi connectivity index (χ3n) is 2.83. The fourth-order valence-electron chi connectivity index (χ4n) is 1.95. The molecule has 0 unspecified atom stereocenters. The smallest absolute Gasteiger partial charge is 0.118 e. The van der Waals surface area contributed by atoms with Crippen molar-refractivity contribution < 1.29 is 4.74 Å². The molecule has 19 heavy (non-hydrogen) atoms. The lowest BCUT2D eigenvalue weighted by molar-refractivity contribution is 0.318. The van der Waals surface area contributed by atoms with E-state index in [9.17, 15) is 0 Å². The van der Waals surface area contributed by atoms with Crippen LogP contribution in [0.1, 0.15) is 11.1 Å². The SMILES string of the molecule is COc1ccc(CN(C)Cc2cncc(Br)c2)cc1. The molecule has 0 aliphatic rings. The number of benzene rings is 1. The first-order valence-electron chi connectivity index (χ1n) is 6.08. The van der Waals surface area contributed by atoms with Gasteiger partial charge < -0.3 is 4.74 Å². The number of hydrogen-bond donors (Lipinski definition) is 0. The summed E-state index contributed by atoms with van der Waals surface area (Å²) in [6.07, 6.45) is 3.70. The molecule has 0 radical (unpaired) electrons. The van der Waals surface area contributed by atoms with Crippen molar-refractivity contribution in [1.82, 2.24) is 9.88 Å². The van der Waals surface area contributed by atoms with Crippen LogP contribution in [0.4, 0.5) is 0 Å². The van der Waals surface area contributed by atoms with Crippen molar-refractivity contribution >= 4 is 15.9 Å². The second kappa shape index (κ2) is 6.68. The van der Waals surface area contributed by atoms with Crippen molar-refractivity contribution in [1.29, 1.82) is 0 Å². The van der Waals surface area contributed by atoms with Crippen molar-refractivity contribution in [3.8, 4) is 5.75 Å². The van der Waals surface area contributed by atoms with Gasteiger partial charge in [0, 0.05) is 30.0 Å². The van der Waals surface area contributed by atoms with Crippen molar-refractivity contribution in [2.75, 3.05) is 14.2 Å². The Morgan fingerprint density at radius 3 is 2.42 bits per heavy atom. The number of aromatic nitrogens is 1. The maximum absolute atomic E-state index is 5.16. The minimum Gasteiger partial charge on any atom is -0.497 e. The molecule has 0 atom stereocenters. The number of nitrogens with zero attached hydrogens (tertiary/aromatic N) is 2. The van der Waals surface area contributed by atoms with E-state index in [-0.39, 0.29) is 0 Å². The normalized spacial score (nSPS) is 10.7. The molecule has 0 saturated carbocycles. The highest BCUT2D eigenvalue weighted by atomic mass is 79.9. The van der Waals surface area contributed by atoms with E-state index in [4.69, 9.17) is 4.74 Å². The van der Waals surface area contributed by atoms with Crippen molar-refractivity contribution in [2.45, 2.75) is 13.1 Å². The van der Waals surface area contributed by atoms with Crippen LogP contribution < -0.4 is 4.74 Å². The maximum atomic E-state index is 5.16. The van der Waals surface area contributed by atoms with Gasteiger partial charge in [0.05, 0.1) is 7.11 Å². The molecule has 0 bridgehead atoms. The van der Waals surface area contributed by atoms with Crippen molar-refractivity contribution in [3.63, 3.8) is 0 Å². The molecule has 0 saturated heterocycles. The van der Waals surface area contributed by atoms with Gasteiger partial charge in [0.2, 0.25) is 0 Å². The zero-order valence-electron chi connectivity index (χ0n) is 11.1. The Bertz CT molecular complexity index is 528. The molecule has 0 fully saturated rings. The van der Waals surface area contributed by atoms with Crippen LogP contribution in [0.15, 0.2) is 47.2 Å². The molecule has 2 aromatic rings. The summed E-state index contributed by atoms with van der Waals surface area (Å²) in [7, 11) is 3.78. The highest BCUT2D eigenvalue weighted by molar-refractivity contribution is 9.10. The topological polar surface area (TPSA) is 25.4 Å². The summed E-state index contributed by atoms with van der Waals surface area (Å²) in [6, 6.07) is 10.3. The molecule has 0 aliphatic heterocycles. The molecule has 100 valence electrons. The van der Waals surface area contributed by atoms with Gasteiger partial charge in [-0.2, -0.15) is 0 Å². The zero-order chi connectivity index (χ0) is 13.7. The molecule has 4 heteroatoms. The first kappa shape index (κ1) is 14.0. The van der Waals surface area contributed by atoms with Crippen LogP contribution >= 0.6 is 15.9 Å². The largest absolute Gasteiger partial charge is 0.497 e. The summed E-state index contributed by atoms with van der Waals surface area (Å²) >= 11 is 3.44. The monoisotopic (exact) mass is 320 g/mol.